The number of aliphatic hydroxyl groups excluding tert-OH is 1. The first-order chi connectivity index (χ1) is 8.35. The van der Waals surface area contributed by atoms with Crippen molar-refractivity contribution in [2.24, 2.45) is 0 Å². The van der Waals surface area contributed by atoms with Gasteiger partial charge in [-0.25, -0.2) is 0 Å². The molecule has 5 nitrogen and oxygen atoms in total. The van der Waals surface area contributed by atoms with Gasteiger partial charge >= 0.3 is 0 Å². The predicted molar refractivity (Wildman–Crippen MR) is 65.5 cm³/mol. The van der Waals surface area contributed by atoms with Gasteiger partial charge in [-0.15, -0.1) is 0 Å². The van der Waals surface area contributed by atoms with Gasteiger partial charge in [-0.2, -0.15) is 0 Å². The Labute approximate surface area is 108 Å². The molecular formula is C13H24O5. The summed E-state index contributed by atoms with van der Waals surface area (Å²) in [7, 11) is 0. The van der Waals surface area contributed by atoms with Crippen molar-refractivity contribution in [3.05, 3.63) is 0 Å². The van der Waals surface area contributed by atoms with Crippen molar-refractivity contribution < 1.29 is 24.1 Å². The lowest BCUT2D eigenvalue weighted by atomic mass is 10.1. The van der Waals surface area contributed by atoms with Crippen molar-refractivity contribution in [2.45, 2.75) is 57.2 Å². The van der Waals surface area contributed by atoms with E-state index in [1.807, 2.05) is 27.7 Å². The number of epoxide rings is 2. The molecule has 0 aromatic rings. The van der Waals surface area contributed by atoms with E-state index in [4.69, 9.17) is 18.9 Å². The van der Waals surface area contributed by atoms with Crippen molar-refractivity contribution in [2.75, 3.05) is 26.4 Å². The highest BCUT2D eigenvalue weighted by atomic mass is 16.6. The summed E-state index contributed by atoms with van der Waals surface area (Å²) in [5.41, 5.74) is -0.131. The van der Waals surface area contributed by atoms with Gasteiger partial charge in [-0.05, 0) is 27.7 Å². The fourth-order valence-corrected chi connectivity index (χ4v) is 1.82. The molecule has 0 aromatic carbocycles. The molecule has 0 bridgehead atoms. The van der Waals surface area contributed by atoms with Crippen LogP contribution in [-0.4, -0.2) is 61.0 Å². The Bertz CT molecular complexity index is 289. The molecular weight excluding hydrogens is 236 g/mol. The second-order valence-electron chi connectivity index (χ2n) is 6.10. The fraction of sp³-hybridized carbons (Fsp3) is 1.00. The molecule has 18 heavy (non-hydrogen) atoms. The molecule has 2 saturated heterocycles. The molecule has 0 aromatic heterocycles. The van der Waals surface area contributed by atoms with Crippen LogP contribution in [0.25, 0.3) is 0 Å². The Hall–Kier alpha value is -0.200. The molecule has 5 heteroatoms. The van der Waals surface area contributed by atoms with Crippen LogP contribution in [0.1, 0.15) is 27.7 Å². The number of rotatable bonds is 8. The van der Waals surface area contributed by atoms with E-state index < -0.39 is 0 Å². The normalized spacial score (nSPS) is 33.2. The summed E-state index contributed by atoms with van der Waals surface area (Å²) < 4.78 is 21.9. The maximum atomic E-state index is 9.20. The van der Waals surface area contributed by atoms with Crippen LogP contribution in [0, 0.1) is 0 Å². The molecule has 0 aliphatic carbocycles. The van der Waals surface area contributed by atoms with Gasteiger partial charge in [0.15, 0.2) is 0 Å². The standard InChI is InChI=1S/C13H24O5/c1-12(2)10(17-12)7-15-6-9(5-14)16-8-11-13(3,4)18-11/h9-11,14H,5-8H2,1-4H3. The van der Waals surface area contributed by atoms with Crippen LogP contribution in [0.2, 0.25) is 0 Å². The highest BCUT2D eigenvalue weighted by Crippen LogP contribution is 2.36. The zero-order valence-electron chi connectivity index (χ0n) is 11.6. The van der Waals surface area contributed by atoms with E-state index >= 15 is 0 Å². The smallest absolute Gasteiger partial charge is 0.110 e. The van der Waals surface area contributed by atoms with E-state index in [1.165, 1.54) is 0 Å². The molecule has 106 valence electrons. The second kappa shape index (κ2) is 5.06. The summed E-state index contributed by atoms with van der Waals surface area (Å²) >= 11 is 0. The van der Waals surface area contributed by atoms with Crippen molar-refractivity contribution in [3.8, 4) is 0 Å². The average Bonchev–Trinajstić information content (AvgIpc) is 3.09. The fourth-order valence-electron chi connectivity index (χ4n) is 1.82. The van der Waals surface area contributed by atoms with Crippen LogP contribution in [0.5, 0.6) is 0 Å². The first-order valence-electron chi connectivity index (χ1n) is 6.51. The largest absolute Gasteiger partial charge is 0.394 e. The third-order valence-electron chi connectivity index (χ3n) is 3.59. The van der Waals surface area contributed by atoms with Gasteiger partial charge in [-0.1, -0.05) is 0 Å². The van der Waals surface area contributed by atoms with Gasteiger partial charge in [0.25, 0.3) is 0 Å². The van der Waals surface area contributed by atoms with Gasteiger partial charge in [0, 0.05) is 0 Å². The number of aliphatic hydroxyl groups is 1. The molecule has 2 aliphatic heterocycles. The van der Waals surface area contributed by atoms with Crippen LogP contribution >= 0.6 is 0 Å². The molecule has 3 unspecified atom stereocenters. The van der Waals surface area contributed by atoms with E-state index in [1.54, 1.807) is 0 Å². The number of hydrogen-bond donors (Lipinski definition) is 1. The highest BCUT2D eigenvalue weighted by Gasteiger charge is 2.48. The molecule has 0 amide bonds. The van der Waals surface area contributed by atoms with Gasteiger partial charge < -0.3 is 24.1 Å². The molecule has 0 spiro atoms. The molecule has 2 aliphatic rings. The van der Waals surface area contributed by atoms with Crippen LogP contribution < -0.4 is 0 Å². The first-order valence-corrected chi connectivity index (χ1v) is 6.51. The second-order valence-corrected chi connectivity index (χ2v) is 6.10. The quantitative estimate of drug-likeness (QED) is 0.652. The highest BCUT2D eigenvalue weighted by molar-refractivity contribution is 4.95. The third-order valence-corrected chi connectivity index (χ3v) is 3.59. The SMILES string of the molecule is CC1(C)OC1COCC(CO)OCC1OC1(C)C. The van der Waals surface area contributed by atoms with Crippen LogP contribution in [0.15, 0.2) is 0 Å². The van der Waals surface area contributed by atoms with Gasteiger partial charge in [-0.3, -0.25) is 0 Å². The minimum atomic E-state index is -0.285. The minimum Gasteiger partial charge on any atom is -0.394 e. The molecule has 2 heterocycles. The number of hydrogen-bond acceptors (Lipinski definition) is 5. The number of ether oxygens (including phenoxy) is 4. The lowest BCUT2D eigenvalue weighted by molar-refractivity contribution is -0.0482. The van der Waals surface area contributed by atoms with E-state index in [0.717, 1.165) is 0 Å². The van der Waals surface area contributed by atoms with Crippen LogP contribution in [0.3, 0.4) is 0 Å². The first kappa shape index (κ1) is 14.2. The summed E-state index contributed by atoms with van der Waals surface area (Å²) in [5.74, 6) is 0. The Kier molecular flexibility index (Phi) is 3.99. The zero-order valence-corrected chi connectivity index (χ0v) is 11.6. The minimum absolute atomic E-state index is 0.0396. The molecule has 3 atom stereocenters. The summed E-state index contributed by atoms with van der Waals surface area (Å²) in [4.78, 5) is 0. The Morgan fingerprint density at radius 2 is 1.56 bits per heavy atom. The van der Waals surface area contributed by atoms with Crippen molar-refractivity contribution in [3.63, 3.8) is 0 Å². The van der Waals surface area contributed by atoms with Crippen molar-refractivity contribution >= 4 is 0 Å². The van der Waals surface area contributed by atoms with Crippen LogP contribution in [0.4, 0.5) is 0 Å². The van der Waals surface area contributed by atoms with E-state index in [2.05, 4.69) is 0 Å². The Morgan fingerprint density at radius 3 is 2.00 bits per heavy atom. The lowest BCUT2D eigenvalue weighted by Crippen LogP contribution is -2.28. The maximum Gasteiger partial charge on any atom is 0.110 e. The summed E-state index contributed by atoms with van der Waals surface area (Å²) in [6, 6.07) is 0. The van der Waals surface area contributed by atoms with Crippen molar-refractivity contribution in [1.29, 1.82) is 0 Å². The van der Waals surface area contributed by atoms with Crippen molar-refractivity contribution in [1.82, 2.24) is 0 Å². The summed E-state index contributed by atoms with van der Waals surface area (Å²) in [5, 5.41) is 9.20. The third kappa shape index (κ3) is 3.65. The maximum absolute atomic E-state index is 9.20. The zero-order chi connectivity index (χ0) is 13.4. The monoisotopic (exact) mass is 260 g/mol. The Morgan fingerprint density at radius 1 is 1.06 bits per heavy atom. The van der Waals surface area contributed by atoms with Gasteiger partial charge in [0.05, 0.1) is 37.6 Å². The summed E-state index contributed by atoms with van der Waals surface area (Å²) in [6.45, 7) is 9.53. The van der Waals surface area contributed by atoms with E-state index in [0.29, 0.717) is 19.8 Å². The summed E-state index contributed by atoms with van der Waals surface area (Å²) in [6.07, 6.45) is 0.0200. The molecule has 2 fully saturated rings. The molecule has 2 rings (SSSR count). The average molecular weight is 260 g/mol. The molecule has 0 radical (unpaired) electrons. The Balaban J connectivity index is 1.55. The predicted octanol–water partition coefficient (Wildman–Crippen LogP) is 0.735. The van der Waals surface area contributed by atoms with Gasteiger partial charge in [0.1, 0.15) is 18.3 Å². The van der Waals surface area contributed by atoms with E-state index in [9.17, 15) is 5.11 Å². The van der Waals surface area contributed by atoms with Gasteiger partial charge in [0.2, 0.25) is 0 Å². The molecule has 0 saturated carbocycles. The van der Waals surface area contributed by atoms with E-state index in [-0.39, 0.29) is 36.1 Å². The molecule has 1 N–H and O–H groups in total. The topological polar surface area (TPSA) is 63.8 Å². The lowest BCUT2D eigenvalue weighted by Gasteiger charge is -2.15. The van der Waals surface area contributed by atoms with Crippen LogP contribution in [-0.2, 0) is 18.9 Å².